The largest absolute Gasteiger partial charge is 0.303 e. The highest BCUT2D eigenvalue weighted by Crippen LogP contribution is 2.32. The van der Waals surface area contributed by atoms with Crippen LogP contribution in [0, 0.1) is 0 Å². The molecule has 0 saturated carbocycles. The minimum Gasteiger partial charge on any atom is -0.303 e. The van der Waals surface area contributed by atoms with E-state index in [0.717, 1.165) is 24.6 Å². The molecule has 1 aliphatic rings. The van der Waals surface area contributed by atoms with Crippen LogP contribution >= 0.6 is 11.3 Å². The molecule has 1 unspecified atom stereocenters. The first kappa shape index (κ1) is 12.8. The lowest BCUT2D eigenvalue weighted by Gasteiger charge is -2.23. The number of nitrogens with one attached hydrogen (secondary N) is 1. The van der Waals surface area contributed by atoms with Crippen LogP contribution < -0.4 is 5.32 Å². The molecular weight excluding hydrogens is 256 g/mol. The highest BCUT2D eigenvalue weighted by Gasteiger charge is 2.29. The normalized spacial score (nSPS) is 19.5. The van der Waals surface area contributed by atoms with Crippen LogP contribution in [0.3, 0.4) is 0 Å². The van der Waals surface area contributed by atoms with Gasteiger partial charge in [-0.2, -0.15) is 5.10 Å². The van der Waals surface area contributed by atoms with Gasteiger partial charge in [0.05, 0.1) is 6.04 Å². The topological polar surface area (TPSA) is 42.7 Å². The van der Waals surface area contributed by atoms with E-state index >= 15 is 0 Å². The molecule has 5 heteroatoms. The Bertz CT molecular complexity index is 591. The van der Waals surface area contributed by atoms with Crippen molar-refractivity contribution < 1.29 is 0 Å². The van der Waals surface area contributed by atoms with Gasteiger partial charge in [-0.1, -0.05) is 20.8 Å². The third-order valence-corrected chi connectivity index (χ3v) is 4.51. The summed E-state index contributed by atoms with van der Waals surface area (Å²) in [5, 5.41) is 10.3. The number of aryl methyl sites for hydroxylation is 1. The molecule has 3 rings (SSSR count). The first-order valence-electron chi connectivity index (χ1n) is 6.68. The molecule has 1 N–H and O–H groups in total. The van der Waals surface area contributed by atoms with Crippen molar-refractivity contribution in [2.24, 2.45) is 7.05 Å². The second-order valence-corrected chi connectivity index (χ2v) is 7.10. The molecule has 2 aromatic rings. The Hall–Kier alpha value is -1.20. The Morgan fingerprint density at radius 3 is 2.89 bits per heavy atom. The van der Waals surface area contributed by atoms with Gasteiger partial charge in [-0.25, -0.2) is 4.98 Å². The fourth-order valence-corrected chi connectivity index (χ4v) is 3.37. The first-order valence-corrected chi connectivity index (χ1v) is 7.56. The maximum absolute atomic E-state index is 4.78. The van der Waals surface area contributed by atoms with E-state index in [9.17, 15) is 0 Å². The van der Waals surface area contributed by atoms with E-state index in [1.165, 1.54) is 10.4 Å². The lowest BCUT2D eigenvalue weighted by atomic mass is 9.96. The Labute approximate surface area is 117 Å². The van der Waals surface area contributed by atoms with E-state index in [1.807, 2.05) is 23.1 Å². The molecule has 1 aliphatic heterocycles. The molecule has 1 atom stereocenters. The predicted octanol–water partition coefficient (Wildman–Crippen LogP) is 2.41. The van der Waals surface area contributed by atoms with Crippen molar-refractivity contribution in [3.05, 3.63) is 33.5 Å². The fourth-order valence-electron chi connectivity index (χ4n) is 2.45. The van der Waals surface area contributed by atoms with Crippen LogP contribution in [0.15, 0.2) is 11.4 Å². The molecule has 0 aromatic carbocycles. The highest BCUT2D eigenvalue weighted by atomic mass is 32.1. The van der Waals surface area contributed by atoms with E-state index < -0.39 is 0 Å². The summed E-state index contributed by atoms with van der Waals surface area (Å²) in [6.45, 7) is 7.46. The van der Waals surface area contributed by atoms with Crippen molar-refractivity contribution in [2.45, 2.75) is 38.6 Å². The van der Waals surface area contributed by atoms with E-state index in [2.05, 4.69) is 42.6 Å². The van der Waals surface area contributed by atoms with Crippen LogP contribution in [-0.2, 0) is 18.9 Å². The summed E-state index contributed by atoms with van der Waals surface area (Å²) >= 11 is 1.84. The highest BCUT2D eigenvalue weighted by molar-refractivity contribution is 7.10. The van der Waals surface area contributed by atoms with Crippen LogP contribution in [-0.4, -0.2) is 21.3 Å². The summed E-state index contributed by atoms with van der Waals surface area (Å²) in [5.74, 6) is 1.93. The summed E-state index contributed by atoms with van der Waals surface area (Å²) in [6.07, 6.45) is 1.12. The van der Waals surface area contributed by atoms with E-state index in [1.54, 1.807) is 0 Å². The van der Waals surface area contributed by atoms with Crippen molar-refractivity contribution >= 4 is 11.3 Å². The van der Waals surface area contributed by atoms with Gasteiger partial charge in [0.1, 0.15) is 5.82 Å². The molecule has 0 spiro atoms. The molecule has 3 heterocycles. The molecule has 0 radical (unpaired) electrons. The zero-order valence-electron chi connectivity index (χ0n) is 11.9. The van der Waals surface area contributed by atoms with Gasteiger partial charge in [0.2, 0.25) is 0 Å². The summed E-state index contributed by atoms with van der Waals surface area (Å²) in [5.41, 5.74) is 1.36. The molecule has 102 valence electrons. The Balaban J connectivity index is 2.03. The lowest BCUT2D eigenvalue weighted by molar-refractivity contribution is 0.523. The zero-order chi connectivity index (χ0) is 13.6. The number of fused-ring (bicyclic) bond motifs is 1. The molecule has 0 aliphatic carbocycles. The van der Waals surface area contributed by atoms with Gasteiger partial charge in [-0.05, 0) is 23.4 Å². The van der Waals surface area contributed by atoms with Gasteiger partial charge in [-0.15, -0.1) is 11.3 Å². The van der Waals surface area contributed by atoms with Crippen LogP contribution in [0.5, 0.6) is 0 Å². The fraction of sp³-hybridized carbons (Fsp3) is 0.571. The van der Waals surface area contributed by atoms with Gasteiger partial charge in [-0.3, -0.25) is 4.68 Å². The van der Waals surface area contributed by atoms with Crippen LogP contribution in [0.2, 0.25) is 0 Å². The van der Waals surface area contributed by atoms with Crippen LogP contribution in [0.4, 0.5) is 0 Å². The van der Waals surface area contributed by atoms with Gasteiger partial charge in [0, 0.05) is 23.9 Å². The summed E-state index contributed by atoms with van der Waals surface area (Å²) < 4.78 is 1.92. The minimum absolute atomic E-state index is 0.0118. The van der Waals surface area contributed by atoms with Crippen molar-refractivity contribution in [1.29, 1.82) is 0 Å². The SMILES string of the molecule is Cn1nc(C(C)(C)C)nc1C1NCCc2sccc21. The Morgan fingerprint density at radius 2 is 2.21 bits per heavy atom. The second kappa shape index (κ2) is 4.42. The van der Waals surface area contributed by atoms with Crippen LogP contribution in [0.25, 0.3) is 0 Å². The number of thiophene rings is 1. The van der Waals surface area contributed by atoms with Gasteiger partial charge in [0.15, 0.2) is 5.82 Å². The third-order valence-electron chi connectivity index (χ3n) is 3.52. The van der Waals surface area contributed by atoms with Crippen molar-refractivity contribution in [2.75, 3.05) is 6.54 Å². The summed E-state index contributed by atoms with van der Waals surface area (Å²) in [4.78, 5) is 6.25. The van der Waals surface area contributed by atoms with Crippen molar-refractivity contribution in [3.63, 3.8) is 0 Å². The number of aromatic nitrogens is 3. The maximum atomic E-state index is 4.78. The van der Waals surface area contributed by atoms with E-state index in [0.29, 0.717) is 0 Å². The first-order chi connectivity index (χ1) is 8.97. The Kier molecular flexibility index (Phi) is 2.98. The average molecular weight is 276 g/mol. The Morgan fingerprint density at radius 1 is 1.42 bits per heavy atom. The van der Waals surface area contributed by atoms with E-state index in [4.69, 9.17) is 4.98 Å². The minimum atomic E-state index is -0.0118. The summed E-state index contributed by atoms with van der Waals surface area (Å²) in [7, 11) is 1.99. The molecule has 0 bridgehead atoms. The number of rotatable bonds is 1. The van der Waals surface area contributed by atoms with Gasteiger partial charge in [0.25, 0.3) is 0 Å². The smallest absolute Gasteiger partial charge is 0.156 e. The molecule has 2 aromatic heterocycles. The number of hydrogen-bond acceptors (Lipinski definition) is 4. The maximum Gasteiger partial charge on any atom is 0.156 e. The molecule has 0 fully saturated rings. The monoisotopic (exact) mass is 276 g/mol. The molecular formula is C14H20N4S. The standard InChI is InChI=1S/C14H20N4S/c1-14(2,3)13-16-12(18(4)17-13)11-9-6-8-19-10(9)5-7-15-11/h6,8,11,15H,5,7H2,1-4H3. The molecule has 19 heavy (non-hydrogen) atoms. The zero-order valence-corrected chi connectivity index (χ0v) is 12.7. The van der Waals surface area contributed by atoms with Gasteiger partial charge >= 0.3 is 0 Å². The quantitative estimate of drug-likeness (QED) is 0.870. The van der Waals surface area contributed by atoms with Crippen molar-refractivity contribution in [1.82, 2.24) is 20.1 Å². The van der Waals surface area contributed by atoms with Gasteiger partial charge < -0.3 is 5.32 Å². The third kappa shape index (κ3) is 2.21. The van der Waals surface area contributed by atoms with Crippen LogP contribution in [0.1, 0.15) is 48.9 Å². The summed E-state index contributed by atoms with van der Waals surface area (Å²) in [6, 6.07) is 2.39. The van der Waals surface area contributed by atoms with Crippen molar-refractivity contribution in [3.8, 4) is 0 Å². The average Bonchev–Trinajstić information content (AvgIpc) is 2.93. The molecule has 0 saturated heterocycles. The molecule has 4 nitrogen and oxygen atoms in total. The number of nitrogens with zero attached hydrogens (tertiary/aromatic N) is 3. The van der Waals surface area contributed by atoms with E-state index in [-0.39, 0.29) is 11.5 Å². The predicted molar refractivity (Wildman–Crippen MR) is 77.6 cm³/mol. The lowest BCUT2D eigenvalue weighted by Crippen LogP contribution is -2.31. The second-order valence-electron chi connectivity index (χ2n) is 6.10. The molecule has 0 amide bonds. The number of hydrogen-bond donors (Lipinski definition) is 1.